The average Bonchev–Trinajstić information content (AvgIpc) is 3.19. The fraction of sp³-hybridized carbons (Fsp3) is 0.464. The molecule has 0 spiro atoms. The lowest BCUT2D eigenvalue weighted by molar-refractivity contribution is -0.121. The zero-order chi connectivity index (χ0) is 24.3. The third kappa shape index (κ3) is 8.64. The van der Waals surface area contributed by atoms with E-state index in [-0.39, 0.29) is 5.91 Å². The number of nitrogens with zero attached hydrogens (tertiary/aromatic N) is 3. The lowest BCUT2D eigenvalue weighted by atomic mass is 10.1. The Morgan fingerprint density at radius 1 is 0.971 bits per heavy atom. The van der Waals surface area contributed by atoms with Crippen molar-refractivity contribution < 1.29 is 4.79 Å². The highest BCUT2D eigenvalue weighted by Gasteiger charge is 2.14. The van der Waals surface area contributed by atoms with Gasteiger partial charge in [-0.05, 0) is 50.2 Å². The zero-order valence-corrected chi connectivity index (χ0v) is 21.8. The molecule has 0 saturated carbocycles. The van der Waals surface area contributed by atoms with E-state index in [1.54, 1.807) is 11.8 Å². The fourth-order valence-electron chi connectivity index (χ4n) is 4.00. The van der Waals surface area contributed by atoms with Gasteiger partial charge in [-0.3, -0.25) is 4.79 Å². The van der Waals surface area contributed by atoms with Crippen molar-refractivity contribution in [2.45, 2.75) is 77.3 Å². The fourth-order valence-corrected chi connectivity index (χ4v) is 4.91. The number of hydrogen-bond donors (Lipinski definition) is 1. The highest BCUT2D eigenvalue weighted by Crippen LogP contribution is 2.24. The number of hydrogen-bond acceptors (Lipinski definition) is 4. The lowest BCUT2D eigenvalue weighted by Gasteiger charge is -2.11. The van der Waals surface area contributed by atoms with E-state index >= 15 is 0 Å². The molecule has 1 N–H and O–H groups in total. The molecule has 0 fully saturated rings. The van der Waals surface area contributed by atoms with E-state index in [1.807, 2.05) is 0 Å². The average molecular weight is 479 g/mol. The van der Waals surface area contributed by atoms with Crippen LogP contribution in [0.3, 0.4) is 0 Å². The molecule has 1 amide bonds. The normalized spacial score (nSPS) is 11.2. The van der Waals surface area contributed by atoms with Crippen LogP contribution in [0.25, 0.3) is 0 Å². The minimum atomic E-state index is 0.143. The molecule has 0 radical (unpaired) electrons. The quantitative estimate of drug-likeness (QED) is 0.245. The molecule has 0 aliphatic heterocycles. The summed E-state index contributed by atoms with van der Waals surface area (Å²) in [5, 5.41) is 13.1. The number of unbranched alkanes of at least 4 members (excludes halogenated alkanes) is 1. The van der Waals surface area contributed by atoms with E-state index in [9.17, 15) is 4.79 Å². The Labute approximate surface area is 208 Å². The molecule has 2 aromatic carbocycles. The van der Waals surface area contributed by atoms with E-state index < -0.39 is 0 Å². The van der Waals surface area contributed by atoms with Crippen LogP contribution in [0.1, 0.15) is 61.2 Å². The summed E-state index contributed by atoms with van der Waals surface area (Å²) in [5.41, 5.74) is 5.21. The summed E-state index contributed by atoms with van der Waals surface area (Å²) in [6.45, 7) is 10.1. The first-order valence-corrected chi connectivity index (χ1v) is 13.3. The van der Waals surface area contributed by atoms with Gasteiger partial charge < -0.3 is 9.88 Å². The molecule has 0 aliphatic carbocycles. The van der Waals surface area contributed by atoms with Gasteiger partial charge in [-0.2, -0.15) is 0 Å². The van der Waals surface area contributed by atoms with E-state index in [0.29, 0.717) is 12.3 Å². The molecule has 1 aromatic heterocycles. The largest absolute Gasteiger partial charge is 0.356 e. The predicted octanol–water partition coefficient (Wildman–Crippen LogP) is 5.91. The third-order valence-corrected chi connectivity index (χ3v) is 6.71. The minimum absolute atomic E-state index is 0.143. The van der Waals surface area contributed by atoms with Crippen LogP contribution in [0.5, 0.6) is 0 Å². The van der Waals surface area contributed by atoms with Gasteiger partial charge >= 0.3 is 0 Å². The molecule has 0 aliphatic rings. The van der Waals surface area contributed by atoms with Crippen molar-refractivity contribution in [3.05, 3.63) is 76.6 Å². The molecule has 6 heteroatoms. The second kappa shape index (κ2) is 13.3. The number of rotatable bonds is 13. The summed E-state index contributed by atoms with van der Waals surface area (Å²) in [7, 11) is 0. The number of benzene rings is 2. The SMILES string of the molecule is Cc1cc(C)cc(CSc2nnc(CCCCC(=O)NCC(C)C)n2CCc2ccccc2)c1. The standard InChI is InChI=1S/C28H38N4OS/c1-21(2)19-29-27(33)13-9-8-12-26-30-31-28(32(26)15-14-24-10-6-5-7-11-24)34-20-25-17-22(3)16-23(4)18-25/h5-7,10-11,16-18,21H,8-9,12-15,19-20H2,1-4H3,(H,29,33). The molecule has 0 unspecified atom stereocenters. The summed E-state index contributed by atoms with van der Waals surface area (Å²) in [4.78, 5) is 12.0. The Bertz CT molecular complexity index is 1030. The molecule has 3 rings (SSSR count). The van der Waals surface area contributed by atoms with Gasteiger partial charge in [0.15, 0.2) is 5.16 Å². The maximum atomic E-state index is 12.0. The van der Waals surface area contributed by atoms with Crippen LogP contribution >= 0.6 is 11.8 Å². The maximum Gasteiger partial charge on any atom is 0.220 e. The lowest BCUT2D eigenvalue weighted by Crippen LogP contribution is -2.26. The van der Waals surface area contributed by atoms with Crippen molar-refractivity contribution >= 4 is 17.7 Å². The van der Waals surface area contributed by atoms with Crippen molar-refractivity contribution in [3.8, 4) is 0 Å². The maximum absolute atomic E-state index is 12.0. The minimum Gasteiger partial charge on any atom is -0.356 e. The molecule has 0 saturated heterocycles. The van der Waals surface area contributed by atoms with E-state index in [2.05, 4.69) is 96.3 Å². The Morgan fingerprint density at radius 3 is 2.41 bits per heavy atom. The summed E-state index contributed by atoms with van der Waals surface area (Å²) < 4.78 is 2.28. The second-order valence-electron chi connectivity index (χ2n) is 9.48. The van der Waals surface area contributed by atoms with Crippen LogP contribution in [0.2, 0.25) is 0 Å². The van der Waals surface area contributed by atoms with Gasteiger partial charge in [0.2, 0.25) is 5.91 Å². The van der Waals surface area contributed by atoms with Crippen molar-refractivity contribution in [3.63, 3.8) is 0 Å². The first-order valence-electron chi connectivity index (χ1n) is 12.3. The van der Waals surface area contributed by atoms with Crippen LogP contribution in [0.15, 0.2) is 53.7 Å². The van der Waals surface area contributed by atoms with Crippen molar-refractivity contribution in [2.75, 3.05) is 6.54 Å². The number of aryl methyl sites for hydroxylation is 4. The number of aromatic nitrogens is 3. The van der Waals surface area contributed by atoms with Crippen LogP contribution in [-0.4, -0.2) is 27.2 Å². The Kier molecular flexibility index (Phi) is 10.2. The monoisotopic (exact) mass is 478 g/mol. The Balaban J connectivity index is 1.62. The van der Waals surface area contributed by atoms with E-state index in [0.717, 1.165) is 55.5 Å². The van der Waals surface area contributed by atoms with Gasteiger partial charge in [0, 0.05) is 31.7 Å². The predicted molar refractivity (Wildman–Crippen MR) is 141 cm³/mol. The number of amides is 1. The van der Waals surface area contributed by atoms with Crippen molar-refractivity contribution in [1.29, 1.82) is 0 Å². The molecule has 0 atom stereocenters. The smallest absolute Gasteiger partial charge is 0.220 e. The topological polar surface area (TPSA) is 59.8 Å². The summed E-state index contributed by atoms with van der Waals surface area (Å²) in [6, 6.07) is 17.3. The molecule has 3 aromatic rings. The number of carbonyl (C=O) groups is 1. The number of nitrogens with one attached hydrogen (secondary N) is 1. The molecule has 34 heavy (non-hydrogen) atoms. The Hall–Kier alpha value is -2.60. The third-order valence-electron chi connectivity index (χ3n) is 5.67. The summed E-state index contributed by atoms with van der Waals surface area (Å²) in [5.74, 6) is 2.51. The molecule has 182 valence electrons. The van der Waals surface area contributed by atoms with Crippen molar-refractivity contribution in [2.24, 2.45) is 5.92 Å². The van der Waals surface area contributed by atoms with Crippen LogP contribution < -0.4 is 5.32 Å². The molecule has 1 heterocycles. The number of thioether (sulfide) groups is 1. The van der Waals surface area contributed by atoms with Gasteiger partial charge in [0.1, 0.15) is 5.82 Å². The summed E-state index contributed by atoms with van der Waals surface area (Å²) in [6.07, 6.45) is 4.14. The van der Waals surface area contributed by atoms with Crippen LogP contribution in [0, 0.1) is 19.8 Å². The van der Waals surface area contributed by atoms with Gasteiger partial charge in [0.05, 0.1) is 0 Å². The molecule has 0 bridgehead atoms. The van der Waals surface area contributed by atoms with Crippen molar-refractivity contribution in [1.82, 2.24) is 20.1 Å². The highest BCUT2D eigenvalue weighted by atomic mass is 32.2. The molecular weight excluding hydrogens is 440 g/mol. The Morgan fingerprint density at radius 2 is 1.71 bits per heavy atom. The number of carbonyl (C=O) groups excluding carboxylic acids is 1. The first-order chi connectivity index (χ1) is 16.4. The molecular formula is C28H38N4OS. The summed E-state index contributed by atoms with van der Waals surface area (Å²) >= 11 is 1.75. The van der Waals surface area contributed by atoms with E-state index in [1.165, 1.54) is 22.3 Å². The van der Waals surface area contributed by atoms with Gasteiger partial charge in [-0.1, -0.05) is 85.3 Å². The van der Waals surface area contributed by atoms with Crippen LogP contribution in [0.4, 0.5) is 0 Å². The van der Waals surface area contributed by atoms with Gasteiger partial charge in [-0.15, -0.1) is 10.2 Å². The van der Waals surface area contributed by atoms with Crippen LogP contribution in [-0.2, 0) is 29.9 Å². The van der Waals surface area contributed by atoms with E-state index in [4.69, 9.17) is 0 Å². The second-order valence-corrected chi connectivity index (χ2v) is 10.4. The first kappa shape index (κ1) is 26.0. The molecule has 5 nitrogen and oxygen atoms in total. The zero-order valence-electron chi connectivity index (χ0n) is 21.0. The van der Waals surface area contributed by atoms with Gasteiger partial charge in [-0.25, -0.2) is 0 Å². The van der Waals surface area contributed by atoms with Gasteiger partial charge in [0.25, 0.3) is 0 Å². The highest BCUT2D eigenvalue weighted by molar-refractivity contribution is 7.98.